The Balaban J connectivity index is 2.24. The molecule has 0 bridgehead atoms. The minimum Gasteiger partial charge on any atom is -0.313 e. The maximum Gasteiger partial charge on any atom is 0.0349 e. The van der Waals surface area contributed by atoms with Crippen molar-refractivity contribution in [2.45, 2.75) is 45.1 Å². The minimum absolute atomic E-state index is 0.521. The largest absolute Gasteiger partial charge is 0.313 e. The topological polar surface area (TPSA) is 12.0 Å². The van der Waals surface area contributed by atoms with Crippen LogP contribution in [0.25, 0.3) is 0 Å². The van der Waals surface area contributed by atoms with Gasteiger partial charge in [-0.15, -0.1) is 0 Å². The van der Waals surface area contributed by atoms with Gasteiger partial charge >= 0.3 is 0 Å². The molecule has 0 spiro atoms. The highest BCUT2D eigenvalue weighted by molar-refractivity contribution is 9.10. The summed E-state index contributed by atoms with van der Waals surface area (Å²) in [5.74, 6) is 0.807. The van der Waals surface area contributed by atoms with Crippen molar-refractivity contribution in [1.29, 1.82) is 0 Å². The summed E-state index contributed by atoms with van der Waals surface area (Å²) >= 11 is 3.64. The van der Waals surface area contributed by atoms with Crippen molar-refractivity contribution < 1.29 is 0 Å². The molecule has 1 fully saturated rings. The van der Waals surface area contributed by atoms with E-state index in [1.165, 1.54) is 47.7 Å². The fourth-order valence-electron chi connectivity index (χ4n) is 3.07. The van der Waals surface area contributed by atoms with Gasteiger partial charge in [-0.05, 0) is 49.9 Å². The maximum absolute atomic E-state index is 3.64. The van der Waals surface area contributed by atoms with Crippen LogP contribution in [0.2, 0.25) is 0 Å². The second-order valence-electron chi connectivity index (χ2n) is 5.12. The Bertz CT molecular complexity index is 369. The predicted octanol–water partition coefficient (Wildman–Crippen LogP) is 4.60. The molecule has 1 N–H and O–H groups in total. The fourth-order valence-corrected chi connectivity index (χ4v) is 3.46. The Labute approximate surface area is 113 Å². The SMILES string of the molecule is CNC(c1cccc(Br)c1C)C1CCCCC1. The van der Waals surface area contributed by atoms with Crippen LogP contribution >= 0.6 is 15.9 Å². The van der Waals surface area contributed by atoms with E-state index in [1.54, 1.807) is 0 Å². The summed E-state index contributed by atoms with van der Waals surface area (Å²) in [6.45, 7) is 2.21. The molecular formula is C15H22BrN. The highest BCUT2D eigenvalue weighted by atomic mass is 79.9. The lowest BCUT2D eigenvalue weighted by Gasteiger charge is -2.31. The summed E-state index contributed by atoms with van der Waals surface area (Å²) < 4.78 is 1.23. The van der Waals surface area contributed by atoms with Gasteiger partial charge in [0.1, 0.15) is 0 Å². The molecule has 0 heterocycles. The first-order valence-electron chi connectivity index (χ1n) is 6.66. The third-order valence-corrected chi connectivity index (χ3v) is 4.94. The summed E-state index contributed by atoms with van der Waals surface area (Å²) in [5, 5.41) is 3.54. The molecule has 0 amide bonds. The van der Waals surface area contributed by atoms with E-state index >= 15 is 0 Å². The van der Waals surface area contributed by atoms with Crippen molar-refractivity contribution in [3.63, 3.8) is 0 Å². The van der Waals surface area contributed by atoms with E-state index in [1.807, 2.05) is 0 Å². The zero-order chi connectivity index (χ0) is 12.3. The molecule has 94 valence electrons. The molecule has 0 aromatic heterocycles. The molecule has 2 rings (SSSR count). The van der Waals surface area contributed by atoms with Gasteiger partial charge in [0.2, 0.25) is 0 Å². The number of rotatable bonds is 3. The third-order valence-electron chi connectivity index (χ3n) is 4.08. The quantitative estimate of drug-likeness (QED) is 0.859. The lowest BCUT2D eigenvalue weighted by atomic mass is 9.80. The van der Waals surface area contributed by atoms with Crippen molar-refractivity contribution in [3.05, 3.63) is 33.8 Å². The van der Waals surface area contributed by atoms with Crippen molar-refractivity contribution >= 4 is 15.9 Å². The Hall–Kier alpha value is -0.340. The minimum atomic E-state index is 0.521. The first-order valence-corrected chi connectivity index (χ1v) is 7.45. The van der Waals surface area contributed by atoms with Gasteiger partial charge in [-0.25, -0.2) is 0 Å². The molecule has 17 heavy (non-hydrogen) atoms. The second-order valence-corrected chi connectivity index (χ2v) is 5.97. The average molecular weight is 296 g/mol. The van der Waals surface area contributed by atoms with Gasteiger partial charge in [-0.1, -0.05) is 47.3 Å². The van der Waals surface area contributed by atoms with Crippen LogP contribution in [0.1, 0.15) is 49.3 Å². The lowest BCUT2D eigenvalue weighted by Crippen LogP contribution is -2.27. The monoisotopic (exact) mass is 295 g/mol. The second kappa shape index (κ2) is 6.01. The molecule has 1 unspecified atom stereocenters. The highest BCUT2D eigenvalue weighted by Crippen LogP contribution is 2.36. The Morgan fingerprint density at radius 1 is 1.24 bits per heavy atom. The number of hydrogen-bond acceptors (Lipinski definition) is 1. The number of benzene rings is 1. The van der Waals surface area contributed by atoms with Gasteiger partial charge in [0.05, 0.1) is 0 Å². The zero-order valence-corrected chi connectivity index (χ0v) is 12.4. The van der Waals surface area contributed by atoms with Crippen LogP contribution in [0.5, 0.6) is 0 Å². The molecule has 1 nitrogen and oxygen atoms in total. The lowest BCUT2D eigenvalue weighted by molar-refractivity contribution is 0.281. The molecule has 1 saturated carbocycles. The average Bonchev–Trinajstić information content (AvgIpc) is 2.37. The van der Waals surface area contributed by atoms with E-state index in [-0.39, 0.29) is 0 Å². The molecule has 2 heteroatoms. The molecule has 0 aliphatic heterocycles. The van der Waals surface area contributed by atoms with E-state index in [4.69, 9.17) is 0 Å². The smallest absolute Gasteiger partial charge is 0.0349 e. The fraction of sp³-hybridized carbons (Fsp3) is 0.600. The molecule has 1 aromatic carbocycles. The van der Waals surface area contributed by atoms with Crippen LogP contribution in [0, 0.1) is 12.8 Å². The summed E-state index contributed by atoms with van der Waals surface area (Å²) in [7, 11) is 2.10. The van der Waals surface area contributed by atoms with Gasteiger partial charge in [0.15, 0.2) is 0 Å². The maximum atomic E-state index is 3.64. The van der Waals surface area contributed by atoms with E-state index in [2.05, 4.69) is 53.4 Å². The molecule has 1 atom stereocenters. The van der Waals surface area contributed by atoms with E-state index in [0.717, 1.165) is 5.92 Å². The standard InChI is InChI=1S/C15H22BrN/c1-11-13(9-6-10-14(11)16)15(17-2)12-7-4-3-5-8-12/h6,9-10,12,15,17H,3-5,7-8H2,1-2H3. The normalized spacial score (nSPS) is 19.2. The predicted molar refractivity (Wildman–Crippen MR) is 77.3 cm³/mol. The van der Waals surface area contributed by atoms with Crippen LogP contribution < -0.4 is 5.32 Å². The first-order chi connectivity index (χ1) is 8.24. The Kier molecular flexibility index (Phi) is 4.63. The number of halogens is 1. The molecule has 0 radical (unpaired) electrons. The van der Waals surface area contributed by atoms with Crippen LogP contribution in [0.15, 0.2) is 22.7 Å². The van der Waals surface area contributed by atoms with Crippen molar-refractivity contribution in [2.24, 2.45) is 5.92 Å². The number of hydrogen-bond donors (Lipinski definition) is 1. The van der Waals surface area contributed by atoms with Crippen molar-refractivity contribution in [1.82, 2.24) is 5.32 Å². The van der Waals surface area contributed by atoms with E-state index in [9.17, 15) is 0 Å². The molecule has 1 aliphatic rings. The van der Waals surface area contributed by atoms with Crippen LogP contribution in [0.4, 0.5) is 0 Å². The summed E-state index contributed by atoms with van der Waals surface area (Å²) in [5.41, 5.74) is 2.85. The highest BCUT2D eigenvalue weighted by Gasteiger charge is 2.25. The van der Waals surface area contributed by atoms with Crippen molar-refractivity contribution in [2.75, 3.05) is 7.05 Å². The van der Waals surface area contributed by atoms with Crippen molar-refractivity contribution in [3.8, 4) is 0 Å². The summed E-state index contributed by atoms with van der Waals surface area (Å²) in [6, 6.07) is 7.08. The van der Waals surface area contributed by atoms with E-state index < -0.39 is 0 Å². The summed E-state index contributed by atoms with van der Waals surface area (Å²) in [6.07, 6.45) is 6.96. The molecular weight excluding hydrogens is 274 g/mol. The van der Waals surface area contributed by atoms with E-state index in [0.29, 0.717) is 6.04 Å². The van der Waals surface area contributed by atoms with Gasteiger partial charge in [0, 0.05) is 10.5 Å². The van der Waals surface area contributed by atoms with Gasteiger partial charge in [-0.3, -0.25) is 0 Å². The first kappa shape index (κ1) is 13.1. The van der Waals surface area contributed by atoms with Crippen LogP contribution in [-0.2, 0) is 0 Å². The van der Waals surface area contributed by atoms with Gasteiger partial charge in [0.25, 0.3) is 0 Å². The van der Waals surface area contributed by atoms with Crippen LogP contribution in [-0.4, -0.2) is 7.05 Å². The summed E-state index contributed by atoms with van der Waals surface area (Å²) in [4.78, 5) is 0. The third kappa shape index (κ3) is 2.92. The molecule has 1 aliphatic carbocycles. The van der Waals surface area contributed by atoms with Gasteiger partial charge < -0.3 is 5.32 Å². The molecule has 1 aromatic rings. The van der Waals surface area contributed by atoms with Crippen LogP contribution in [0.3, 0.4) is 0 Å². The number of nitrogens with one attached hydrogen (secondary N) is 1. The Morgan fingerprint density at radius 3 is 2.59 bits per heavy atom. The zero-order valence-electron chi connectivity index (χ0n) is 10.8. The molecule has 0 saturated heterocycles. The van der Waals surface area contributed by atoms with Gasteiger partial charge in [-0.2, -0.15) is 0 Å². The Morgan fingerprint density at radius 2 is 1.94 bits per heavy atom.